The van der Waals surface area contributed by atoms with Crippen LogP contribution < -0.4 is 5.32 Å². The summed E-state index contributed by atoms with van der Waals surface area (Å²) in [4.78, 5) is 10.8. The third kappa shape index (κ3) is 6.09. The molecule has 0 aromatic carbocycles. The molecule has 0 radical (unpaired) electrons. The Labute approximate surface area is 75.7 Å². The molecule has 0 saturated heterocycles. The standard InChI is InChI=1S/C8H15NO2S/c1-4-8(10)9-7(2)5-6-12(3)11/h4,7H,1,5-6H2,2-3H3,(H,9,10). The fraction of sp³-hybridized carbons (Fsp3) is 0.625. The minimum absolute atomic E-state index is 0.0689. The first-order valence-electron chi connectivity index (χ1n) is 3.79. The predicted molar refractivity (Wildman–Crippen MR) is 51.4 cm³/mol. The first-order chi connectivity index (χ1) is 5.56. The average molecular weight is 189 g/mol. The second kappa shape index (κ2) is 5.94. The van der Waals surface area contributed by atoms with Crippen LogP contribution in [0.3, 0.4) is 0 Å². The molecule has 70 valence electrons. The Kier molecular flexibility index (Phi) is 5.62. The molecule has 1 amide bonds. The van der Waals surface area contributed by atoms with E-state index in [-0.39, 0.29) is 11.9 Å². The molecule has 12 heavy (non-hydrogen) atoms. The zero-order chi connectivity index (χ0) is 9.56. The lowest BCUT2D eigenvalue weighted by Gasteiger charge is -2.10. The Hall–Kier alpha value is -0.640. The number of carbonyl (C=O) groups excluding carboxylic acids is 1. The average Bonchev–Trinajstić information content (AvgIpc) is 2.00. The summed E-state index contributed by atoms with van der Waals surface area (Å²) >= 11 is 0. The summed E-state index contributed by atoms with van der Waals surface area (Å²) in [6.07, 6.45) is 3.63. The molecule has 0 rings (SSSR count). The lowest BCUT2D eigenvalue weighted by atomic mass is 10.2. The van der Waals surface area contributed by atoms with E-state index in [1.54, 1.807) is 6.26 Å². The lowest BCUT2D eigenvalue weighted by molar-refractivity contribution is -0.117. The molecule has 0 aliphatic heterocycles. The van der Waals surface area contributed by atoms with Gasteiger partial charge in [-0.3, -0.25) is 9.00 Å². The van der Waals surface area contributed by atoms with E-state index in [1.165, 1.54) is 6.08 Å². The molecule has 0 fully saturated rings. The smallest absolute Gasteiger partial charge is 0.243 e. The van der Waals surface area contributed by atoms with Gasteiger partial charge in [0.25, 0.3) is 0 Å². The number of hydrogen-bond donors (Lipinski definition) is 1. The molecule has 0 bridgehead atoms. The van der Waals surface area contributed by atoms with Crippen molar-refractivity contribution in [1.29, 1.82) is 0 Å². The van der Waals surface area contributed by atoms with Gasteiger partial charge in [-0.1, -0.05) is 6.58 Å². The Morgan fingerprint density at radius 2 is 2.33 bits per heavy atom. The van der Waals surface area contributed by atoms with Gasteiger partial charge in [-0.25, -0.2) is 0 Å². The van der Waals surface area contributed by atoms with Crippen LogP contribution in [0.4, 0.5) is 0 Å². The Morgan fingerprint density at radius 3 is 2.75 bits per heavy atom. The Bertz CT molecular complexity index is 191. The third-order valence-electron chi connectivity index (χ3n) is 1.41. The lowest BCUT2D eigenvalue weighted by Crippen LogP contribution is -2.31. The van der Waals surface area contributed by atoms with Crippen LogP contribution in [0.2, 0.25) is 0 Å². The summed E-state index contributed by atoms with van der Waals surface area (Å²) < 4.78 is 10.7. The van der Waals surface area contributed by atoms with Crippen molar-refractivity contribution in [3.05, 3.63) is 12.7 Å². The number of nitrogens with one attached hydrogen (secondary N) is 1. The van der Waals surface area contributed by atoms with Crippen molar-refractivity contribution in [3.63, 3.8) is 0 Å². The molecule has 4 heteroatoms. The molecule has 2 atom stereocenters. The summed E-state index contributed by atoms with van der Waals surface area (Å²) in [7, 11) is -0.780. The highest BCUT2D eigenvalue weighted by Crippen LogP contribution is 1.92. The van der Waals surface area contributed by atoms with Gasteiger partial charge in [-0.05, 0) is 19.4 Å². The highest BCUT2D eigenvalue weighted by atomic mass is 32.2. The van der Waals surface area contributed by atoms with Crippen LogP contribution in [0.25, 0.3) is 0 Å². The van der Waals surface area contributed by atoms with Crippen molar-refractivity contribution in [2.24, 2.45) is 0 Å². The van der Waals surface area contributed by atoms with Crippen molar-refractivity contribution in [2.75, 3.05) is 12.0 Å². The van der Waals surface area contributed by atoms with Crippen molar-refractivity contribution in [1.82, 2.24) is 5.32 Å². The molecule has 1 N–H and O–H groups in total. The molecule has 3 nitrogen and oxygen atoms in total. The first kappa shape index (κ1) is 11.4. The SMILES string of the molecule is C=CC(=O)NC(C)CCS(C)=O. The van der Waals surface area contributed by atoms with E-state index in [4.69, 9.17) is 0 Å². The Balaban J connectivity index is 3.59. The summed E-state index contributed by atoms with van der Waals surface area (Å²) in [6.45, 7) is 5.22. The molecule has 0 aliphatic carbocycles. The second-order valence-corrected chi connectivity index (χ2v) is 4.23. The maximum atomic E-state index is 10.8. The topological polar surface area (TPSA) is 46.2 Å². The fourth-order valence-electron chi connectivity index (χ4n) is 0.717. The van der Waals surface area contributed by atoms with E-state index in [9.17, 15) is 9.00 Å². The van der Waals surface area contributed by atoms with Crippen LogP contribution in [-0.4, -0.2) is 28.2 Å². The Morgan fingerprint density at radius 1 is 1.75 bits per heavy atom. The zero-order valence-electron chi connectivity index (χ0n) is 7.50. The van der Waals surface area contributed by atoms with Gasteiger partial charge >= 0.3 is 0 Å². The van der Waals surface area contributed by atoms with E-state index in [0.29, 0.717) is 5.75 Å². The minimum Gasteiger partial charge on any atom is -0.350 e. The molecular formula is C8H15NO2S. The number of amides is 1. The summed E-state index contributed by atoms with van der Waals surface area (Å²) in [6, 6.07) is 0.0689. The molecule has 0 spiro atoms. The van der Waals surface area contributed by atoms with E-state index < -0.39 is 10.8 Å². The van der Waals surface area contributed by atoms with Gasteiger partial charge in [-0.2, -0.15) is 0 Å². The summed E-state index contributed by atoms with van der Waals surface area (Å²) in [5.41, 5.74) is 0. The summed E-state index contributed by atoms with van der Waals surface area (Å²) in [5, 5.41) is 2.69. The largest absolute Gasteiger partial charge is 0.350 e. The molecule has 0 aromatic heterocycles. The van der Waals surface area contributed by atoms with Gasteiger partial charge in [0.05, 0.1) is 0 Å². The highest BCUT2D eigenvalue weighted by molar-refractivity contribution is 7.84. The molecule has 0 aliphatic rings. The number of hydrogen-bond acceptors (Lipinski definition) is 2. The van der Waals surface area contributed by atoms with Crippen molar-refractivity contribution < 1.29 is 9.00 Å². The predicted octanol–water partition coefficient (Wildman–Crippen LogP) is 0.446. The van der Waals surface area contributed by atoms with E-state index >= 15 is 0 Å². The van der Waals surface area contributed by atoms with Crippen LogP contribution in [0.1, 0.15) is 13.3 Å². The maximum Gasteiger partial charge on any atom is 0.243 e. The van der Waals surface area contributed by atoms with Crippen molar-refractivity contribution >= 4 is 16.7 Å². The molecule has 2 unspecified atom stereocenters. The van der Waals surface area contributed by atoms with Crippen molar-refractivity contribution in [3.8, 4) is 0 Å². The minimum atomic E-state index is -0.780. The molecule has 0 heterocycles. The molecule has 0 saturated carbocycles. The van der Waals surface area contributed by atoms with Gasteiger partial charge in [0.1, 0.15) is 0 Å². The van der Waals surface area contributed by atoms with Gasteiger partial charge in [0, 0.05) is 28.9 Å². The van der Waals surface area contributed by atoms with E-state index in [0.717, 1.165) is 6.42 Å². The van der Waals surface area contributed by atoms with Gasteiger partial charge in [-0.15, -0.1) is 0 Å². The number of carbonyl (C=O) groups is 1. The zero-order valence-corrected chi connectivity index (χ0v) is 8.32. The fourth-order valence-corrected chi connectivity index (χ4v) is 1.40. The van der Waals surface area contributed by atoms with E-state index in [1.807, 2.05) is 6.92 Å². The van der Waals surface area contributed by atoms with E-state index in [2.05, 4.69) is 11.9 Å². The van der Waals surface area contributed by atoms with Crippen LogP contribution in [0.5, 0.6) is 0 Å². The van der Waals surface area contributed by atoms with Crippen LogP contribution in [0.15, 0.2) is 12.7 Å². The normalized spacial score (nSPS) is 14.8. The van der Waals surface area contributed by atoms with Gasteiger partial charge in [0.15, 0.2) is 0 Å². The second-order valence-electron chi connectivity index (χ2n) is 2.68. The van der Waals surface area contributed by atoms with Crippen LogP contribution >= 0.6 is 0 Å². The monoisotopic (exact) mass is 189 g/mol. The summed E-state index contributed by atoms with van der Waals surface area (Å²) in [5.74, 6) is 0.447. The first-order valence-corrected chi connectivity index (χ1v) is 5.52. The maximum absolute atomic E-state index is 10.8. The third-order valence-corrected chi connectivity index (χ3v) is 2.22. The highest BCUT2D eigenvalue weighted by Gasteiger charge is 2.04. The van der Waals surface area contributed by atoms with Crippen molar-refractivity contribution in [2.45, 2.75) is 19.4 Å². The quantitative estimate of drug-likeness (QED) is 0.638. The van der Waals surface area contributed by atoms with Crippen LogP contribution in [0, 0.1) is 0 Å². The molecule has 0 aromatic rings. The van der Waals surface area contributed by atoms with Gasteiger partial charge in [0.2, 0.25) is 5.91 Å². The number of rotatable bonds is 5. The molecular weight excluding hydrogens is 174 g/mol. The van der Waals surface area contributed by atoms with Gasteiger partial charge < -0.3 is 5.32 Å². The van der Waals surface area contributed by atoms with Crippen LogP contribution in [-0.2, 0) is 15.6 Å².